The number of rotatable bonds is 3. The summed E-state index contributed by atoms with van der Waals surface area (Å²) in [4.78, 5) is 26.4. The van der Waals surface area contributed by atoms with E-state index in [4.69, 9.17) is 17.3 Å². The van der Waals surface area contributed by atoms with Gasteiger partial charge in [-0.2, -0.15) is 0 Å². The maximum absolute atomic E-state index is 12.1. The van der Waals surface area contributed by atoms with Crippen LogP contribution < -0.4 is 21.3 Å². The zero-order valence-corrected chi connectivity index (χ0v) is 15.1. The molecule has 4 N–H and O–H groups in total. The topological polar surface area (TPSA) is 87.5 Å². The highest BCUT2D eigenvalue weighted by molar-refractivity contribution is 6.43. The van der Waals surface area contributed by atoms with Gasteiger partial charge in [0, 0.05) is 30.2 Å². The summed E-state index contributed by atoms with van der Waals surface area (Å²) in [6.45, 7) is 2.11. The lowest BCUT2D eigenvalue weighted by molar-refractivity contribution is -0.132. The summed E-state index contributed by atoms with van der Waals surface area (Å²) in [7, 11) is 0. The fraction of sp³-hybridized carbons (Fsp3) is 0.263. The lowest BCUT2D eigenvalue weighted by Gasteiger charge is -2.28. The third-order valence-corrected chi connectivity index (χ3v) is 4.64. The van der Waals surface area contributed by atoms with Gasteiger partial charge in [0.25, 0.3) is 0 Å². The Kier molecular flexibility index (Phi) is 5.63. The molecule has 136 valence electrons. The van der Waals surface area contributed by atoms with Gasteiger partial charge in [0.2, 0.25) is 0 Å². The third-order valence-electron chi connectivity index (χ3n) is 4.31. The molecule has 0 aromatic heterocycles. The molecule has 0 bridgehead atoms. The second-order valence-electron chi connectivity index (χ2n) is 6.24. The van der Waals surface area contributed by atoms with Crippen molar-refractivity contribution in [1.29, 1.82) is 0 Å². The van der Waals surface area contributed by atoms with Crippen molar-refractivity contribution in [2.45, 2.75) is 19.3 Å². The van der Waals surface area contributed by atoms with E-state index in [9.17, 15) is 9.59 Å². The Balaban J connectivity index is 1.58. The van der Waals surface area contributed by atoms with Crippen molar-refractivity contribution >= 4 is 46.2 Å². The van der Waals surface area contributed by atoms with Crippen molar-refractivity contribution in [3.05, 3.63) is 47.5 Å². The molecular weight excluding hydrogens is 352 g/mol. The van der Waals surface area contributed by atoms with Gasteiger partial charge >= 0.3 is 11.8 Å². The van der Waals surface area contributed by atoms with E-state index in [0.29, 0.717) is 22.1 Å². The van der Waals surface area contributed by atoms with Crippen molar-refractivity contribution in [1.82, 2.24) is 0 Å². The Morgan fingerprint density at radius 1 is 0.885 bits per heavy atom. The van der Waals surface area contributed by atoms with E-state index < -0.39 is 11.8 Å². The summed E-state index contributed by atoms with van der Waals surface area (Å²) in [5.41, 5.74) is 8.13. The highest BCUT2D eigenvalue weighted by Crippen LogP contribution is 2.23. The standard InChI is InChI=1S/C19H21ClN4O2/c20-16-12-14(6-9-17(16)21)23-19(26)18(25)22-13-4-7-15(8-5-13)24-10-2-1-3-11-24/h4-9,12H,1-3,10-11,21H2,(H,22,25)(H,23,26). The van der Waals surface area contributed by atoms with Crippen molar-refractivity contribution in [3.8, 4) is 0 Å². The van der Waals surface area contributed by atoms with Crippen LogP contribution in [-0.2, 0) is 9.59 Å². The van der Waals surface area contributed by atoms with Crippen LogP contribution in [0.4, 0.5) is 22.7 Å². The van der Waals surface area contributed by atoms with Crippen LogP contribution >= 0.6 is 11.6 Å². The molecule has 1 saturated heterocycles. The minimum atomic E-state index is -0.772. The number of amides is 2. The molecule has 1 fully saturated rings. The van der Waals surface area contributed by atoms with E-state index in [1.165, 1.54) is 25.3 Å². The second kappa shape index (κ2) is 8.10. The smallest absolute Gasteiger partial charge is 0.314 e. The zero-order chi connectivity index (χ0) is 18.5. The molecular formula is C19H21ClN4O2. The Hall–Kier alpha value is -2.73. The molecule has 0 atom stereocenters. The largest absolute Gasteiger partial charge is 0.398 e. The second-order valence-corrected chi connectivity index (χ2v) is 6.65. The minimum absolute atomic E-state index is 0.316. The number of carbonyl (C=O) groups is 2. The van der Waals surface area contributed by atoms with E-state index in [0.717, 1.165) is 18.8 Å². The van der Waals surface area contributed by atoms with E-state index in [1.54, 1.807) is 24.3 Å². The van der Waals surface area contributed by atoms with Crippen LogP contribution in [0.2, 0.25) is 5.02 Å². The molecule has 0 radical (unpaired) electrons. The van der Waals surface area contributed by atoms with Gasteiger partial charge in [0.05, 0.1) is 10.7 Å². The Morgan fingerprint density at radius 2 is 1.46 bits per heavy atom. The predicted octanol–water partition coefficient (Wildman–Crippen LogP) is 3.49. The molecule has 2 aromatic carbocycles. The third kappa shape index (κ3) is 4.46. The number of halogens is 1. The van der Waals surface area contributed by atoms with E-state index in [2.05, 4.69) is 15.5 Å². The fourth-order valence-electron chi connectivity index (χ4n) is 2.89. The summed E-state index contributed by atoms with van der Waals surface area (Å²) in [5, 5.41) is 5.40. The average molecular weight is 373 g/mol. The SMILES string of the molecule is Nc1ccc(NC(=O)C(=O)Nc2ccc(N3CCCCC3)cc2)cc1Cl. The molecule has 1 heterocycles. The lowest BCUT2D eigenvalue weighted by atomic mass is 10.1. The van der Waals surface area contributed by atoms with Crippen molar-refractivity contribution < 1.29 is 9.59 Å². The van der Waals surface area contributed by atoms with Gasteiger partial charge in [-0.05, 0) is 61.7 Å². The molecule has 6 nitrogen and oxygen atoms in total. The number of carbonyl (C=O) groups excluding carboxylic acids is 2. The number of nitrogens with two attached hydrogens (primary N) is 1. The van der Waals surface area contributed by atoms with Crippen LogP contribution in [0, 0.1) is 0 Å². The van der Waals surface area contributed by atoms with Crippen molar-refractivity contribution in [2.75, 3.05) is 34.4 Å². The van der Waals surface area contributed by atoms with Crippen LogP contribution in [0.15, 0.2) is 42.5 Å². The molecule has 26 heavy (non-hydrogen) atoms. The Morgan fingerprint density at radius 3 is 2.08 bits per heavy atom. The first-order valence-electron chi connectivity index (χ1n) is 8.55. The number of nitrogens with zero attached hydrogens (tertiary/aromatic N) is 1. The first-order valence-corrected chi connectivity index (χ1v) is 8.93. The van der Waals surface area contributed by atoms with Crippen molar-refractivity contribution in [3.63, 3.8) is 0 Å². The van der Waals surface area contributed by atoms with Gasteiger partial charge < -0.3 is 21.3 Å². The minimum Gasteiger partial charge on any atom is -0.398 e. The average Bonchev–Trinajstić information content (AvgIpc) is 2.66. The summed E-state index contributed by atoms with van der Waals surface area (Å²) in [5.74, 6) is -1.52. The summed E-state index contributed by atoms with van der Waals surface area (Å²) < 4.78 is 0. The number of nitrogens with one attached hydrogen (secondary N) is 2. The van der Waals surface area contributed by atoms with Gasteiger partial charge in [-0.1, -0.05) is 11.6 Å². The Labute approximate surface area is 157 Å². The molecule has 0 aliphatic carbocycles. The first kappa shape index (κ1) is 18.1. The molecule has 3 rings (SSSR count). The normalized spacial score (nSPS) is 14.0. The monoisotopic (exact) mass is 372 g/mol. The highest BCUT2D eigenvalue weighted by atomic mass is 35.5. The molecule has 7 heteroatoms. The number of anilines is 4. The van der Waals surface area contributed by atoms with Crippen LogP contribution in [0.25, 0.3) is 0 Å². The van der Waals surface area contributed by atoms with Crippen LogP contribution in [0.3, 0.4) is 0 Å². The number of nitrogen functional groups attached to an aromatic ring is 1. The number of hydrogen-bond donors (Lipinski definition) is 3. The van der Waals surface area contributed by atoms with Gasteiger partial charge in [0.15, 0.2) is 0 Å². The molecule has 2 amide bonds. The lowest BCUT2D eigenvalue weighted by Crippen LogP contribution is -2.30. The first-order chi connectivity index (χ1) is 12.5. The number of benzene rings is 2. The van der Waals surface area contributed by atoms with Gasteiger partial charge in [-0.3, -0.25) is 9.59 Å². The van der Waals surface area contributed by atoms with Gasteiger partial charge in [0.1, 0.15) is 0 Å². The highest BCUT2D eigenvalue weighted by Gasteiger charge is 2.15. The van der Waals surface area contributed by atoms with Crippen LogP contribution in [0.5, 0.6) is 0 Å². The molecule has 1 aliphatic rings. The summed E-state index contributed by atoms with van der Waals surface area (Å²) in [6.07, 6.45) is 3.68. The number of hydrogen-bond acceptors (Lipinski definition) is 4. The van der Waals surface area contributed by atoms with Crippen LogP contribution in [0.1, 0.15) is 19.3 Å². The summed E-state index contributed by atoms with van der Waals surface area (Å²) in [6, 6.07) is 12.2. The molecule has 0 unspecified atom stereocenters. The predicted molar refractivity (Wildman–Crippen MR) is 106 cm³/mol. The zero-order valence-electron chi connectivity index (χ0n) is 14.3. The Bertz CT molecular complexity index is 802. The molecule has 0 saturated carbocycles. The maximum atomic E-state index is 12.1. The van der Waals surface area contributed by atoms with Crippen molar-refractivity contribution in [2.24, 2.45) is 0 Å². The van der Waals surface area contributed by atoms with E-state index >= 15 is 0 Å². The van der Waals surface area contributed by atoms with Crippen LogP contribution in [-0.4, -0.2) is 24.9 Å². The van der Waals surface area contributed by atoms with E-state index in [-0.39, 0.29) is 0 Å². The molecule has 1 aliphatic heterocycles. The summed E-state index contributed by atoms with van der Waals surface area (Å²) >= 11 is 5.90. The maximum Gasteiger partial charge on any atom is 0.314 e. The van der Waals surface area contributed by atoms with Gasteiger partial charge in [-0.25, -0.2) is 0 Å². The molecule has 2 aromatic rings. The quantitative estimate of drug-likeness (QED) is 0.568. The number of piperidine rings is 1. The fourth-order valence-corrected chi connectivity index (χ4v) is 3.07. The van der Waals surface area contributed by atoms with Gasteiger partial charge in [-0.15, -0.1) is 0 Å². The molecule has 0 spiro atoms. The van der Waals surface area contributed by atoms with E-state index in [1.807, 2.05) is 12.1 Å².